The number of hydrogen-bond acceptors (Lipinski definition) is 2. The molecule has 3 aromatic rings. The fourth-order valence-electron chi connectivity index (χ4n) is 2.51. The van der Waals surface area contributed by atoms with Crippen LogP contribution in [0.3, 0.4) is 0 Å². The molecular weight excluding hydrogens is 342 g/mol. The molecule has 1 N–H and O–H groups in total. The molecule has 0 spiro atoms. The highest BCUT2D eigenvalue weighted by Gasteiger charge is 2.19. The van der Waals surface area contributed by atoms with Crippen LogP contribution in [0.25, 0.3) is 5.65 Å². The molecule has 0 saturated heterocycles. The first kappa shape index (κ1) is 14.8. The van der Waals surface area contributed by atoms with Crippen molar-refractivity contribution in [3.05, 3.63) is 64.0 Å². The minimum absolute atomic E-state index is 0.145. The van der Waals surface area contributed by atoms with Crippen LogP contribution >= 0.6 is 15.9 Å². The maximum Gasteiger partial charge on any atom is 0.274 e. The number of halogens is 1. The molecule has 112 valence electrons. The molecule has 0 fully saturated rings. The quantitative estimate of drug-likeness (QED) is 0.762. The summed E-state index contributed by atoms with van der Waals surface area (Å²) in [5, 5.41) is 2.94. The van der Waals surface area contributed by atoms with E-state index in [1.54, 1.807) is 0 Å². The van der Waals surface area contributed by atoms with E-state index in [-0.39, 0.29) is 5.91 Å². The van der Waals surface area contributed by atoms with E-state index in [9.17, 15) is 4.79 Å². The number of hydrogen-bond donors (Lipinski definition) is 1. The molecule has 0 radical (unpaired) electrons. The summed E-state index contributed by atoms with van der Waals surface area (Å²) in [6.07, 6.45) is 2.59. The van der Waals surface area contributed by atoms with Crippen molar-refractivity contribution in [2.75, 3.05) is 5.32 Å². The summed E-state index contributed by atoms with van der Waals surface area (Å²) in [5.74, 6) is -0.145. The van der Waals surface area contributed by atoms with Crippen LogP contribution < -0.4 is 5.32 Å². The fraction of sp³-hybridized carbons (Fsp3) is 0.176. The van der Waals surface area contributed by atoms with E-state index in [2.05, 4.69) is 26.2 Å². The van der Waals surface area contributed by atoms with Gasteiger partial charge in [-0.2, -0.15) is 0 Å². The van der Waals surface area contributed by atoms with Crippen molar-refractivity contribution in [2.45, 2.75) is 20.3 Å². The Hall–Kier alpha value is -2.14. The number of anilines is 1. The number of fused-ring (bicyclic) bond motifs is 1. The number of carbonyl (C=O) groups is 1. The Labute approximate surface area is 137 Å². The predicted octanol–water partition coefficient (Wildman–Crippen LogP) is 4.22. The van der Waals surface area contributed by atoms with E-state index in [1.165, 1.54) is 0 Å². The number of carbonyl (C=O) groups excluding carboxylic acids is 1. The number of para-hydroxylation sites is 1. The van der Waals surface area contributed by atoms with E-state index < -0.39 is 0 Å². The standard InChI is InChI=1S/C17H16BrN3O/c1-3-14-15(17(22)19-13-7-5-4-6-8-13)21-10-12(18)9-11(2)16(21)20-14/h4-10H,3H2,1-2H3,(H,19,22). The van der Waals surface area contributed by atoms with Crippen molar-refractivity contribution in [3.8, 4) is 0 Å². The topological polar surface area (TPSA) is 46.4 Å². The monoisotopic (exact) mass is 357 g/mol. The summed E-state index contributed by atoms with van der Waals surface area (Å²) in [5.41, 5.74) is 4.01. The highest BCUT2D eigenvalue weighted by atomic mass is 79.9. The lowest BCUT2D eigenvalue weighted by atomic mass is 10.2. The number of nitrogens with zero attached hydrogens (tertiary/aromatic N) is 2. The van der Waals surface area contributed by atoms with Gasteiger partial charge in [-0.25, -0.2) is 4.98 Å². The van der Waals surface area contributed by atoms with Crippen LogP contribution in [0.1, 0.15) is 28.7 Å². The van der Waals surface area contributed by atoms with Gasteiger partial charge in [-0.3, -0.25) is 9.20 Å². The van der Waals surface area contributed by atoms with Gasteiger partial charge in [0.05, 0.1) is 5.69 Å². The predicted molar refractivity (Wildman–Crippen MR) is 91.4 cm³/mol. The third kappa shape index (κ3) is 2.64. The van der Waals surface area contributed by atoms with Crippen LogP contribution in [0.4, 0.5) is 5.69 Å². The Morgan fingerprint density at radius 1 is 1.32 bits per heavy atom. The van der Waals surface area contributed by atoms with Crippen LogP contribution in [-0.4, -0.2) is 15.3 Å². The van der Waals surface area contributed by atoms with E-state index in [4.69, 9.17) is 0 Å². The number of imidazole rings is 1. The zero-order valence-electron chi connectivity index (χ0n) is 12.4. The van der Waals surface area contributed by atoms with Gasteiger partial charge in [-0.1, -0.05) is 25.1 Å². The first-order chi connectivity index (χ1) is 10.6. The van der Waals surface area contributed by atoms with Gasteiger partial charge >= 0.3 is 0 Å². The summed E-state index contributed by atoms with van der Waals surface area (Å²) in [6.45, 7) is 4.00. The molecule has 22 heavy (non-hydrogen) atoms. The molecule has 0 atom stereocenters. The van der Waals surface area contributed by atoms with Gasteiger partial charge in [0, 0.05) is 16.4 Å². The van der Waals surface area contributed by atoms with Gasteiger partial charge in [0.2, 0.25) is 0 Å². The van der Waals surface area contributed by atoms with Crippen molar-refractivity contribution < 1.29 is 4.79 Å². The van der Waals surface area contributed by atoms with Gasteiger partial charge in [0.25, 0.3) is 5.91 Å². The second-order valence-corrected chi connectivity index (χ2v) is 6.03. The van der Waals surface area contributed by atoms with Gasteiger partial charge in [-0.15, -0.1) is 0 Å². The molecule has 1 amide bonds. The average Bonchev–Trinajstić information content (AvgIpc) is 2.87. The molecule has 0 bridgehead atoms. The van der Waals surface area contributed by atoms with Crippen LogP contribution in [0.2, 0.25) is 0 Å². The number of nitrogens with one attached hydrogen (secondary N) is 1. The lowest BCUT2D eigenvalue weighted by molar-refractivity contribution is 0.102. The molecule has 0 unspecified atom stereocenters. The van der Waals surface area contributed by atoms with Gasteiger partial charge < -0.3 is 5.32 Å². The summed E-state index contributed by atoms with van der Waals surface area (Å²) in [6, 6.07) is 11.4. The molecule has 0 saturated carbocycles. The maximum absolute atomic E-state index is 12.7. The van der Waals surface area contributed by atoms with E-state index in [0.717, 1.165) is 27.1 Å². The van der Waals surface area contributed by atoms with Crippen molar-refractivity contribution in [1.29, 1.82) is 0 Å². The molecule has 5 heteroatoms. The van der Waals surface area contributed by atoms with Crippen LogP contribution in [0.5, 0.6) is 0 Å². The molecular formula is C17H16BrN3O. The highest BCUT2D eigenvalue weighted by Crippen LogP contribution is 2.22. The normalized spacial score (nSPS) is 10.9. The van der Waals surface area contributed by atoms with Crippen LogP contribution in [0, 0.1) is 6.92 Å². The number of rotatable bonds is 3. The third-order valence-electron chi connectivity index (χ3n) is 3.52. The minimum Gasteiger partial charge on any atom is -0.321 e. The van der Waals surface area contributed by atoms with Crippen molar-refractivity contribution in [1.82, 2.24) is 9.38 Å². The van der Waals surface area contributed by atoms with E-state index in [0.29, 0.717) is 12.1 Å². The number of pyridine rings is 1. The van der Waals surface area contributed by atoms with Gasteiger partial charge in [0.15, 0.2) is 0 Å². The SMILES string of the molecule is CCc1nc2c(C)cc(Br)cn2c1C(=O)Nc1ccccc1. The Morgan fingerprint density at radius 3 is 2.73 bits per heavy atom. The van der Waals surface area contributed by atoms with Gasteiger partial charge in [-0.05, 0) is 53.0 Å². The molecule has 0 aliphatic heterocycles. The summed E-state index contributed by atoms with van der Waals surface area (Å²) >= 11 is 3.48. The number of benzene rings is 1. The first-order valence-electron chi connectivity index (χ1n) is 7.13. The fourth-order valence-corrected chi connectivity index (χ4v) is 3.06. The van der Waals surface area contributed by atoms with Crippen LogP contribution in [0.15, 0.2) is 47.1 Å². The zero-order chi connectivity index (χ0) is 15.7. The van der Waals surface area contributed by atoms with Crippen molar-refractivity contribution in [3.63, 3.8) is 0 Å². The lowest BCUT2D eigenvalue weighted by Crippen LogP contribution is -2.16. The summed E-state index contributed by atoms with van der Waals surface area (Å²) < 4.78 is 2.78. The molecule has 3 rings (SSSR count). The smallest absolute Gasteiger partial charge is 0.274 e. The maximum atomic E-state index is 12.7. The highest BCUT2D eigenvalue weighted by molar-refractivity contribution is 9.10. The number of aryl methyl sites for hydroxylation is 2. The van der Waals surface area contributed by atoms with Gasteiger partial charge in [0.1, 0.15) is 11.3 Å². The minimum atomic E-state index is -0.145. The second kappa shape index (κ2) is 5.93. The summed E-state index contributed by atoms with van der Waals surface area (Å²) in [7, 11) is 0. The Balaban J connectivity index is 2.10. The third-order valence-corrected chi connectivity index (χ3v) is 3.96. The van der Waals surface area contributed by atoms with E-state index in [1.807, 2.05) is 60.8 Å². The summed E-state index contributed by atoms with van der Waals surface area (Å²) in [4.78, 5) is 17.3. The molecule has 2 heterocycles. The zero-order valence-corrected chi connectivity index (χ0v) is 14.0. The Morgan fingerprint density at radius 2 is 2.05 bits per heavy atom. The van der Waals surface area contributed by atoms with E-state index >= 15 is 0 Å². The molecule has 0 aliphatic rings. The number of amides is 1. The van der Waals surface area contributed by atoms with Crippen molar-refractivity contribution >= 4 is 33.2 Å². The largest absolute Gasteiger partial charge is 0.321 e. The Bertz CT molecular complexity index is 840. The Kier molecular flexibility index (Phi) is 3.98. The average molecular weight is 358 g/mol. The lowest BCUT2D eigenvalue weighted by Gasteiger charge is -2.07. The molecule has 1 aromatic carbocycles. The number of aromatic nitrogens is 2. The molecule has 2 aromatic heterocycles. The second-order valence-electron chi connectivity index (χ2n) is 5.12. The molecule has 0 aliphatic carbocycles. The first-order valence-corrected chi connectivity index (χ1v) is 7.93. The van der Waals surface area contributed by atoms with Crippen molar-refractivity contribution in [2.24, 2.45) is 0 Å². The van der Waals surface area contributed by atoms with Crippen LogP contribution in [-0.2, 0) is 6.42 Å². The molecule has 4 nitrogen and oxygen atoms in total.